The van der Waals surface area contributed by atoms with Crippen molar-refractivity contribution in [2.75, 3.05) is 9.80 Å². The van der Waals surface area contributed by atoms with E-state index in [9.17, 15) is 0 Å². The third-order valence-electron chi connectivity index (χ3n) is 17.5. The average Bonchev–Trinajstić information content (AvgIpc) is 4.13. The molecule has 0 N–H and O–H groups in total. The van der Waals surface area contributed by atoms with Gasteiger partial charge in [0, 0.05) is 73.4 Å². The number of anilines is 4. The van der Waals surface area contributed by atoms with Gasteiger partial charge >= 0.3 is 0 Å². The van der Waals surface area contributed by atoms with Gasteiger partial charge in [0.1, 0.15) is 0 Å². The van der Waals surface area contributed by atoms with E-state index < -0.39 is 0 Å². The minimum absolute atomic E-state index is 0.110. The second-order valence-electron chi connectivity index (χ2n) is 23.6. The number of para-hydroxylation sites is 3. The molecule has 4 nitrogen and oxygen atoms in total. The second-order valence-corrected chi connectivity index (χ2v) is 23.6. The summed E-state index contributed by atoms with van der Waals surface area (Å²) in [5.74, 6) is 1.24. The molecule has 4 aliphatic carbocycles. The van der Waals surface area contributed by atoms with Gasteiger partial charge in [-0.3, -0.25) is 0 Å². The molecule has 8 aromatic rings. The van der Waals surface area contributed by atoms with E-state index in [2.05, 4.69) is 249 Å². The number of rotatable bonds is 5. The smallest absolute Gasteiger partial charge is 0.0629 e. The van der Waals surface area contributed by atoms with Crippen LogP contribution in [0.5, 0.6) is 0 Å². The molecule has 5 atom stereocenters. The minimum Gasteiger partial charge on any atom is -0.334 e. The monoisotopic (exact) mass is 937 g/mol. The third kappa shape index (κ3) is 6.70. The first kappa shape index (κ1) is 43.5. The molecule has 2 aliphatic heterocycles. The molecule has 6 aliphatic rings. The fourth-order valence-electron chi connectivity index (χ4n) is 13.8. The molecule has 14 rings (SSSR count). The first-order valence-corrected chi connectivity index (χ1v) is 26.7. The lowest BCUT2D eigenvalue weighted by atomic mass is 9.70. The van der Waals surface area contributed by atoms with E-state index in [-0.39, 0.29) is 22.9 Å². The molecule has 4 heteroatoms. The zero-order chi connectivity index (χ0) is 48.6. The van der Waals surface area contributed by atoms with Gasteiger partial charge in [-0.25, -0.2) is 0 Å². The highest BCUT2D eigenvalue weighted by molar-refractivity contribution is 6.09. The Hall–Kier alpha value is -7.30. The van der Waals surface area contributed by atoms with Crippen molar-refractivity contribution in [2.24, 2.45) is 16.7 Å². The number of hydrogen-bond donors (Lipinski definition) is 0. The maximum atomic E-state index is 2.67. The highest BCUT2D eigenvalue weighted by atomic mass is 15.2. The summed E-state index contributed by atoms with van der Waals surface area (Å²) in [5.41, 5.74) is 21.8. The fourth-order valence-corrected chi connectivity index (χ4v) is 13.8. The lowest BCUT2D eigenvalue weighted by molar-refractivity contribution is 0.251. The zero-order valence-electron chi connectivity index (χ0n) is 42.6. The Morgan fingerprint density at radius 1 is 0.514 bits per heavy atom. The van der Waals surface area contributed by atoms with Crippen molar-refractivity contribution in [3.63, 3.8) is 0 Å². The van der Waals surface area contributed by atoms with Gasteiger partial charge < -0.3 is 18.9 Å². The Labute approximate surface area is 425 Å². The van der Waals surface area contributed by atoms with Crippen LogP contribution in [0.2, 0.25) is 0 Å². The fraction of sp³-hybridized carbons (Fsp3) is 0.265. The molecule has 0 amide bonds. The van der Waals surface area contributed by atoms with Crippen LogP contribution < -0.4 is 9.80 Å². The van der Waals surface area contributed by atoms with Gasteiger partial charge in [-0.05, 0) is 144 Å². The molecule has 2 aromatic heterocycles. The van der Waals surface area contributed by atoms with Crippen LogP contribution >= 0.6 is 0 Å². The second kappa shape index (κ2) is 16.1. The summed E-state index contributed by atoms with van der Waals surface area (Å²) >= 11 is 0. The normalized spacial score (nSPS) is 22.2. The van der Waals surface area contributed by atoms with Crippen molar-refractivity contribution >= 4 is 72.8 Å². The molecule has 0 saturated heterocycles. The topological polar surface area (TPSA) is 16.3 Å². The van der Waals surface area contributed by atoms with Crippen molar-refractivity contribution in [1.82, 2.24) is 9.13 Å². The first-order chi connectivity index (χ1) is 35.0. The molecule has 6 aromatic carbocycles. The van der Waals surface area contributed by atoms with Gasteiger partial charge in [0.25, 0.3) is 0 Å². The Bertz CT molecular complexity index is 3690. The van der Waals surface area contributed by atoms with Gasteiger partial charge in [0.05, 0.1) is 28.6 Å². The number of fused-ring (bicyclic) bond motifs is 12. The Kier molecular flexibility index (Phi) is 9.73. The maximum Gasteiger partial charge on any atom is 0.0629 e. The van der Waals surface area contributed by atoms with E-state index in [1.807, 2.05) is 0 Å². The van der Waals surface area contributed by atoms with E-state index in [1.54, 1.807) is 0 Å². The summed E-state index contributed by atoms with van der Waals surface area (Å²) in [6.07, 6.45) is 27.1. The molecule has 356 valence electrons. The van der Waals surface area contributed by atoms with Crippen molar-refractivity contribution in [3.05, 3.63) is 216 Å². The van der Waals surface area contributed by atoms with Gasteiger partial charge in [0.15, 0.2) is 0 Å². The van der Waals surface area contributed by atoms with E-state index >= 15 is 0 Å². The van der Waals surface area contributed by atoms with E-state index in [4.69, 9.17) is 0 Å². The van der Waals surface area contributed by atoms with E-state index in [0.717, 1.165) is 32.1 Å². The highest BCUT2D eigenvalue weighted by Crippen LogP contribution is 2.54. The molecular weight excluding hydrogens is 873 g/mol. The first-order valence-electron chi connectivity index (χ1n) is 26.7. The summed E-state index contributed by atoms with van der Waals surface area (Å²) in [4.78, 5) is 5.25. The Balaban J connectivity index is 0.860. The van der Waals surface area contributed by atoms with Crippen molar-refractivity contribution in [1.29, 1.82) is 0 Å². The standard InChI is InChI=1S/C68H64N4/c1-67(2,3)45-29-33-63-55(39-45)57-41-49(71-59-25-11-7-21-51(59)52-22-8-12-26-60(52)71)31-35-65(57)69(63)47-19-15-17-43(37-47)44-18-16-20-48(38-44)70-64-34-30-46(68(4,5)6)40-56(64)58-42-50(32-36-66(58)70)72-61-27-13-9-23-53(61)54-24-10-14-28-62(54)72/h7-15,17,19-29,31-33,35-38,40-42,45,53,55,61,63H,16,18,30,34,39H2,1-6H3. The predicted molar refractivity (Wildman–Crippen MR) is 305 cm³/mol. The average molecular weight is 937 g/mol. The zero-order valence-corrected chi connectivity index (χ0v) is 42.6. The van der Waals surface area contributed by atoms with Gasteiger partial charge in [0.2, 0.25) is 0 Å². The van der Waals surface area contributed by atoms with Gasteiger partial charge in [-0.1, -0.05) is 162 Å². The molecule has 4 heterocycles. The minimum atomic E-state index is 0.110. The van der Waals surface area contributed by atoms with Crippen molar-refractivity contribution in [2.45, 2.75) is 97.6 Å². The number of nitrogens with zero attached hydrogens (tertiary/aromatic N) is 4. The lowest BCUT2D eigenvalue weighted by Crippen LogP contribution is -2.34. The van der Waals surface area contributed by atoms with E-state index in [1.165, 1.54) is 106 Å². The molecule has 0 saturated carbocycles. The molecule has 72 heavy (non-hydrogen) atoms. The third-order valence-corrected chi connectivity index (χ3v) is 17.5. The Morgan fingerprint density at radius 2 is 1.22 bits per heavy atom. The van der Waals surface area contributed by atoms with Crippen LogP contribution in [-0.4, -0.2) is 21.2 Å². The number of allylic oxidation sites excluding steroid dienone is 8. The van der Waals surface area contributed by atoms with Crippen molar-refractivity contribution in [3.8, 4) is 5.69 Å². The van der Waals surface area contributed by atoms with Gasteiger partial charge in [-0.15, -0.1) is 0 Å². The molecule has 0 spiro atoms. The lowest BCUT2D eigenvalue weighted by Gasteiger charge is -2.38. The summed E-state index contributed by atoms with van der Waals surface area (Å²) in [7, 11) is 0. The van der Waals surface area contributed by atoms with E-state index in [0.29, 0.717) is 17.8 Å². The summed E-state index contributed by atoms with van der Waals surface area (Å²) in [6, 6.07) is 51.5. The molecule has 0 bridgehead atoms. The number of benzene rings is 6. The summed E-state index contributed by atoms with van der Waals surface area (Å²) in [6.45, 7) is 14.4. The number of aromatic nitrogens is 2. The molecular formula is C68H64N4. The van der Waals surface area contributed by atoms with Crippen LogP contribution in [-0.2, 0) is 6.42 Å². The largest absolute Gasteiger partial charge is 0.334 e. The molecule has 5 unspecified atom stereocenters. The maximum absolute atomic E-state index is 2.67. The van der Waals surface area contributed by atoms with Crippen LogP contribution in [0.25, 0.3) is 55.7 Å². The van der Waals surface area contributed by atoms with Crippen LogP contribution in [0.15, 0.2) is 188 Å². The number of hydrogen-bond acceptors (Lipinski definition) is 2. The molecule has 0 radical (unpaired) electrons. The highest BCUT2D eigenvalue weighted by Gasteiger charge is 2.43. The van der Waals surface area contributed by atoms with Gasteiger partial charge in [-0.2, -0.15) is 0 Å². The van der Waals surface area contributed by atoms with Crippen LogP contribution in [0.3, 0.4) is 0 Å². The van der Waals surface area contributed by atoms with Crippen molar-refractivity contribution < 1.29 is 0 Å². The summed E-state index contributed by atoms with van der Waals surface area (Å²) < 4.78 is 5.12. The van der Waals surface area contributed by atoms with Crippen LogP contribution in [0.1, 0.15) is 107 Å². The SMILES string of the molecule is CC(C)(C)C1=Cc2c(n(C3=CCCC(c4cccc(N5c6ccc(-n7c8ccccc8c8ccccc87)cc6C6CC(C(C)(C)C)C=CC65)c4)=C3)c3ccc(N4c5ccccc5C5C=CC=CC54)cc23)CC1. The predicted octanol–water partition coefficient (Wildman–Crippen LogP) is 17.8. The summed E-state index contributed by atoms with van der Waals surface area (Å²) in [5, 5.41) is 3.95. The van der Waals surface area contributed by atoms with Crippen LogP contribution in [0.4, 0.5) is 22.7 Å². The van der Waals surface area contributed by atoms with Crippen LogP contribution in [0, 0.1) is 16.7 Å². The Morgan fingerprint density at radius 3 is 2.03 bits per heavy atom. The molecule has 0 fully saturated rings. The quantitative estimate of drug-likeness (QED) is 0.160.